The van der Waals surface area contributed by atoms with Crippen LogP contribution >= 0.6 is 0 Å². The summed E-state index contributed by atoms with van der Waals surface area (Å²) in [5.41, 5.74) is 6.07. The highest BCUT2D eigenvalue weighted by Gasteiger charge is 2.09. The van der Waals surface area contributed by atoms with Gasteiger partial charge in [0.25, 0.3) is 0 Å². The zero-order valence-corrected chi connectivity index (χ0v) is 9.95. The van der Waals surface area contributed by atoms with E-state index in [9.17, 15) is 4.39 Å². The third-order valence-electron chi connectivity index (χ3n) is 2.44. The number of nitrogens with one attached hydrogen (secondary N) is 1. The number of ether oxygens (including phenoxy) is 1. The van der Waals surface area contributed by atoms with Gasteiger partial charge in [-0.3, -0.25) is 0 Å². The second kappa shape index (κ2) is 7.09. The molecule has 1 aromatic carbocycles. The number of phenols is 1. The number of hydrogen-bond acceptors (Lipinski definition) is 4. The van der Waals surface area contributed by atoms with Gasteiger partial charge in [0.05, 0.1) is 6.61 Å². The molecule has 0 radical (unpaired) electrons. The molecule has 0 aliphatic carbocycles. The molecule has 0 aromatic heterocycles. The molecule has 0 saturated heterocycles. The lowest BCUT2D eigenvalue weighted by molar-refractivity contribution is 0.182. The molecule has 1 aromatic rings. The van der Waals surface area contributed by atoms with Crippen LogP contribution in [-0.4, -0.2) is 31.4 Å². The molecule has 96 valence electrons. The third kappa shape index (κ3) is 4.58. The summed E-state index contributed by atoms with van der Waals surface area (Å²) in [5, 5.41) is 12.2. The lowest BCUT2D eigenvalue weighted by atomic mass is 10.1. The number of hydrogen-bond donors (Lipinski definition) is 3. The van der Waals surface area contributed by atoms with E-state index in [4.69, 9.17) is 15.6 Å². The Hall–Kier alpha value is -1.33. The molecule has 4 nitrogen and oxygen atoms in total. The van der Waals surface area contributed by atoms with Crippen molar-refractivity contribution in [1.29, 1.82) is 0 Å². The number of benzene rings is 1. The Balaban J connectivity index is 2.61. The highest BCUT2D eigenvalue weighted by Crippen LogP contribution is 2.20. The quantitative estimate of drug-likeness (QED) is 0.637. The summed E-state index contributed by atoms with van der Waals surface area (Å²) < 4.78 is 18.2. The Kier molecular flexibility index (Phi) is 5.72. The molecule has 0 amide bonds. The molecule has 1 atom stereocenters. The van der Waals surface area contributed by atoms with Crippen LogP contribution in [0.15, 0.2) is 18.2 Å². The van der Waals surface area contributed by atoms with Crippen molar-refractivity contribution in [2.24, 2.45) is 5.73 Å². The molecule has 17 heavy (non-hydrogen) atoms. The van der Waals surface area contributed by atoms with Gasteiger partial charge in [0.2, 0.25) is 0 Å². The van der Waals surface area contributed by atoms with E-state index in [-0.39, 0.29) is 11.8 Å². The largest absolute Gasteiger partial charge is 0.505 e. The summed E-state index contributed by atoms with van der Waals surface area (Å²) in [4.78, 5) is 0. The summed E-state index contributed by atoms with van der Waals surface area (Å²) >= 11 is 0. The maximum atomic E-state index is 13.1. The van der Waals surface area contributed by atoms with Gasteiger partial charge in [-0.05, 0) is 31.5 Å². The van der Waals surface area contributed by atoms with Crippen LogP contribution in [0.25, 0.3) is 0 Å². The molecule has 0 bridgehead atoms. The second-order valence-corrected chi connectivity index (χ2v) is 3.89. The fraction of sp³-hybridized carbons (Fsp3) is 0.500. The minimum absolute atomic E-state index is 0.0903. The molecular weight excluding hydrogens is 223 g/mol. The first-order valence-corrected chi connectivity index (χ1v) is 5.61. The van der Waals surface area contributed by atoms with Gasteiger partial charge in [0, 0.05) is 24.9 Å². The van der Waals surface area contributed by atoms with Crippen molar-refractivity contribution in [3.05, 3.63) is 24.0 Å². The Labute approximate surface area is 101 Å². The van der Waals surface area contributed by atoms with E-state index >= 15 is 0 Å². The van der Waals surface area contributed by atoms with E-state index in [0.29, 0.717) is 18.8 Å². The van der Waals surface area contributed by atoms with Crippen LogP contribution < -0.4 is 11.1 Å². The topological polar surface area (TPSA) is 67.5 Å². The van der Waals surface area contributed by atoms with E-state index in [1.54, 1.807) is 13.2 Å². The summed E-state index contributed by atoms with van der Waals surface area (Å²) in [6.07, 6.45) is 1.73. The number of rotatable bonds is 7. The number of phenolic OH excluding ortho intramolecular Hbond substituents is 1. The lowest BCUT2D eigenvalue weighted by Crippen LogP contribution is -2.25. The minimum atomic E-state index is -0.634. The molecule has 1 rings (SSSR count). The zero-order chi connectivity index (χ0) is 12.7. The molecule has 0 aliphatic rings. The average molecular weight is 242 g/mol. The fourth-order valence-electron chi connectivity index (χ4n) is 1.59. The number of aromatic hydroxyl groups is 1. The molecule has 0 saturated carbocycles. The monoisotopic (exact) mass is 242 g/mol. The van der Waals surface area contributed by atoms with Gasteiger partial charge in [-0.25, -0.2) is 4.39 Å². The van der Waals surface area contributed by atoms with E-state index < -0.39 is 5.82 Å². The molecule has 0 spiro atoms. The van der Waals surface area contributed by atoms with Crippen molar-refractivity contribution in [1.82, 2.24) is 0 Å². The van der Waals surface area contributed by atoms with Crippen molar-refractivity contribution in [3.8, 4) is 5.75 Å². The van der Waals surface area contributed by atoms with Crippen LogP contribution in [0.4, 0.5) is 10.1 Å². The van der Waals surface area contributed by atoms with Gasteiger partial charge in [0.1, 0.15) is 0 Å². The van der Waals surface area contributed by atoms with Crippen molar-refractivity contribution < 1.29 is 14.2 Å². The Bertz CT molecular complexity index is 347. The fourth-order valence-corrected chi connectivity index (χ4v) is 1.59. The molecule has 5 heteroatoms. The highest BCUT2D eigenvalue weighted by molar-refractivity contribution is 5.47. The molecular formula is C12H19FN2O2. The van der Waals surface area contributed by atoms with Gasteiger partial charge in [-0.15, -0.1) is 0 Å². The van der Waals surface area contributed by atoms with Crippen molar-refractivity contribution >= 4 is 5.69 Å². The van der Waals surface area contributed by atoms with Gasteiger partial charge >= 0.3 is 0 Å². The Morgan fingerprint density at radius 1 is 1.53 bits per heavy atom. The summed E-state index contributed by atoms with van der Waals surface area (Å²) in [7, 11) is 1.62. The first kappa shape index (κ1) is 13.7. The van der Waals surface area contributed by atoms with E-state index in [0.717, 1.165) is 12.8 Å². The van der Waals surface area contributed by atoms with Crippen LogP contribution in [0.5, 0.6) is 5.75 Å². The van der Waals surface area contributed by atoms with Crippen molar-refractivity contribution in [2.75, 3.05) is 25.6 Å². The average Bonchev–Trinajstić information content (AvgIpc) is 2.31. The van der Waals surface area contributed by atoms with Gasteiger partial charge < -0.3 is 20.9 Å². The number of halogens is 1. The number of methoxy groups -OCH3 is 1. The molecule has 0 aliphatic heterocycles. The minimum Gasteiger partial charge on any atom is -0.505 e. The smallest absolute Gasteiger partial charge is 0.166 e. The van der Waals surface area contributed by atoms with E-state index in [1.165, 1.54) is 12.1 Å². The van der Waals surface area contributed by atoms with Crippen molar-refractivity contribution in [3.63, 3.8) is 0 Å². The Morgan fingerprint density at radius 3 is 2.88 bits per heavy atom. The van der Waals surface area contributed by atoms with Crippen LogP contribution in [0.1, 0.15) is 12.8 Å². The first-order valence-electron chi connectivity index (χ1n) is 5.61. The SMILES string of the molecule is COCC(CCCN)Nc1ccc(O)c(F)c1. The van der Waals surface area contributed by atoms with Crippen LogP contribution in [0, 0.1) is 5.82 Å². The summed E-state index contributed by atoms with van der Waals surface area (Å²) in [6, 6.07) is 4.31. The summed E-state index contributed by atoms with van der Waals surface area (Å²) in [6.45, 7) is 1.15. The first-order chi connectivity index (χ1) is 8.17. The van der Waals surface area contributed by atoms with Crippen molar-refractivity contribution in [2.45, 2.75) is 18.9 Å². The predicted octanol–water partition coefficient (Wildman–Crippen LogP) is 1.70. The second-order valence-electron chi connectivity index (χ2n) is 3.89. The molecule has 4 N–H and O–H groups in total. The summed E-state index contributed by atoms with van der Waals surface area (Å²) in [5.74, 6) is -0.981. The number of nitrogens with two attached hydrogens (primary N) is 1. The van der Waals surface area contributed by atoms with Gasteiger partial charge in [0.15, 0.2) is 11.6 Å². The lowest BCUT2D eigenvalue weighted by Gasteiger charge is -2.19. The third-order valence-corrected chi connectivity index (χ3v) is 2.44. The standard InChI is InChI=1S/C12H19FN2O2/c1-17-8-10(3-2-6-14)15-9-4-5-12(16)11(13)7-9/h4-5,7,10,15-16H,2-3,6,8,14H2,1H3. The Morgan fingerprint density at radius 2 is 2.29 bits per heavy atom. The van der Waals surface area contributed by atoms with Crippen LogP contribution in [0.2, 0.25) is 0 Å². The van der Waals surface area contributed by atoms with Gasteiger partial charge in [-0.2, -0.15) is 0 Å². The maximum Gasteiger partial charge on any atom is 0.166 e. The zero-order valence-electron chi connectivity index (χ0n) is 9.95. The number of anilines is 1. The highest BCUT2D eigenvalue weighted by atomic mass is 19.1. The molecule has 0 fully saturated rings. The van der Waals surface area contributed by atoms with E-state index in [1.807, 2.05) is 0 Å². The van der Waals surface area contributed by atoms with Gasteiger partial charge in [-0.1, -0.05) is 0 Å². The van der Waals surface area contributed by atoms with Crippen LogP contribution in [-0.2, 0) is 4.74 Å². The maximum absolute atomic E-state index is 13.1. The predicted molar refractivity (Wildman–Crippen MR) is 65.6 cm³/mol. The molecule has 1 unspecified atom stereocenters. The normalized spacial score (nSPS) is 12.4. The molecule has 0 heterocycles. The van der Waals surface area contributed by atoms with Crippen LogP contribution in [0.3, 0.4) is 0 Å². The van der Waals surface area contributed by atoms with E-state index in [2.05, 4.69) is 5.32 Å².